The van der Waals surface area contributed by atoms with Crippen LogP contribution < -0.4 is 4.74 Å². The molecule has 0 N–H and O–H groups in total. The highest BCUT2D eigenvalue weighted by Crippen LogP contribution is 2.41. The van der Waals surface area contributed by atoms with Crippen molar-refractivity contribution in [3.05, 3.63) is 101 Å². The minimum Gasteiger partial charge on any atom is -0.493 e. The lowest BCUT2D eigenvalue weighted by Gasteiger charge is -2.26. The summed E-state index contributed by atoms with van der Waals surface area (Å²) in [5, 5.41) is 0. The van der Waals surface area contributed by atoms with E-state index in [0.29, 0.717) is 5.92 Å². The summed E-state index contributed by atoms with van der Waals surface area (Å²) in [6.45, 7) is 12.0. The first-order valence-electron chi connectivity index (χ1n) is 10.9. The van der Waals surface area contributed by atoms with E-state index in [2.05, 4.69) is 107 Å². The highest BCUT2D eigenvalue weighted by molar-refractivity contribution is 5.53. The standard InChI is InChI=1S/C28H34O/c1-6-17-29-28-26(21(4)23-13-9-7-10-14-23)18-25(20(2)3)19-27(28)22(5)24-15-11-8-12-16-24/h7-16,18-22H,6,17H2,1-5H3. The van der Waals surface area contributed by atoms with Gasteiger partial charge in [0.1, 0.15) is 5.75 Å². The summed E-state index contributed by atoms with van der Waals surface area (Å²) in [5.74, 6) is 2.11. The van der Waals surface area contributed by atoms with Crippen LogP contribution in [0.1, 0.15) is 86.6 Å². The molecule has 0 spiro atoms. The quantitative estimate of drug-likeness (QED) is 0.382. The van der Waals surface area contributed by atoms with Gasteiger partial charge in [0.05, 0.1) is 6.61 Å². The highest BCUT2D eigenvalue weighted by Gasteiger charge is 2.23. The maximum absolute atomic E-state index is 6.44. The van der Waals surface area contributed by atoms with Gasteiger partial charge >= 0.3 is 0 Å². The molecule has 2 unspecified atom stereocenters. The smallest absolute Gasteiger partial charge is 0.126 e. The third kappa shape index (κ3) is 4.90. The first-order chi connectivity index (χ1) is 14.0. The third-order valence-corrected chi connectivity index (χ3v) is 5.82. The molecule has 29 heavy (non-hydrogen) atoms. The van der Waals surface area contributed by atoms with Crippen LogP contribution in [0.3, 0.4) is 0 Å². The summed E-state index contributed by atoms with van der Waals surface area (Å²) >= 11 is 0. The van der Waals surface area contributed by atoms with E-state index in [9.17, 15) is 0 Å². The van der Waals surface area contributed by atoms with Gasteiger partial charge < -0.3 is 4.74 Å². The molecule has 3 aromatic carbocycles. The summed E-state index contributed by atoms with van der Waals surface area (Å²) in [6.07, 6.45) is 1.00. The Hall–Kier alpha value is -2.54. The molecular weight excluding hydrogens is 352 g/mol. The minimum absolute atomic E-state index is 0.281. The normalized spacial score (nSPS) is 13.3. The molecule has 1 nitrogen and oxygen atoms in total. The van der Waals surface area contributed by atoms with Gasteiger partial charge in [-0.15, -0.1) is 0 Å². The molecule has 0 aliphatic rings. The highest BCUT2D eigenvalue weighted by atomic mass is 16.5. The number of hydrogen-bond donors (Lipinski definition) is 0. The summed E-state index contributed by atoms with van der Waals surface area (Å²) in [7, 11) is 0. The first-order valence-corrected chi connectivity index (χ1v) is 10.9. The van der Waals surface area contributed by atoms with Crippen LogP contribution in [-0.2, 0) is 0 Å². The number of benzene rings is 3. The van der Waals surface area contributed by atoms with E-state index < -0.39 is 0 Å². The van der Waals surface area contributed by atoms with Crippen LogP contribution in [0.25, 0.3) is 0 Å². The molecule has 0 aliphatic heterocycles. The van der Waals surface area contributed by atoms with Crippen LogP contribution >= 0.6 is 0 Å². The van der Waals surface area contributed by atoms with Crippen molar-refractivity contribution in [1.29, 1.82) is 0 Å². The fourth-order valence-electron chi connectivity index (χ4n) is 3.89. The lowest BCUT2D eigenvalue weighted by atomic mass is 9.83. The Morgan fingerprint density at radius 2 is 1.10 bits per heavy atom. The van der Waals surface area contributed by atoms with E-state index in [0.717, 1.165) is 18.8 Å². The van der Waals surface area contributed by atoms with Crippen LogP contribution in [0, 0.1) is 0 Å². The predicted octanol–water partition coefficient (Wildman–Crippen LogP) is 7.90. The Labute approximate surface area is 176 Å². The van der Waals surface area contributed by atoms with E-state index in [1.807, 2.05) is 0 Å². The van der Waals surface area contributed by atoms with Crippen LogP contribution in [0.15, 0.2) is 72.8 Å². The molecule has 0 aromatic heterocycles. The average Bonchev–Trinajstić information content (AvgIpc) is 2.77. The summed E-state index contributed by atoms with van der Waals surface area (Å²) < 4.78 is 6.44. The monoisotopic (exact) mass is 386 g/mol. The van der Waals surface area contributed by atoms with Crippen molar-refractivity contribution < 1.29 is 4.74 Å². The second-order valence-electron chi connectivity index (χ2n) is 8.30. The summed E-state index contributed by atoms with van der Waals surface area (Å²) in [4.78, 5) is 0. The molecule has 1 heteroatoms. The maximum Gasteiger partial charge on any atom is 0.126 e. The molecule has 0 radical (unpaired) electrons. The lowest BCUT2D eigenvalue weighted by molar-refractivity contribution is 0.309. The second-order valence-corrected chi connectivity index (χ2v) is 8.30. The van der Waals surface area contributed by atoms with Gasteiger partial charge in [-0.3, -0.25) is 0 Å². The molecule has 0 saturated carbocycles. The molecule has 3 aromatic rings. The Balaban J connectivity index is 2.18. The van der Waals surface area contributed by atoms with E-state index in [4.69, 9.17) is 4.74 Å². The van der Waals surface area contributed by atoms with Gasteiger partial charge in [-0.05, 0) is 29.0 Å². The van der Waals surface area contributed by atoms with Gasteiger partial charge in [0.15, 0.2) is 0 Å². The van der Waals surface area contributed by atoms with Crippen molar-refractivity contribution in [3.63, 3.8) is 0 Å². The van der Waals surface area contributed by atoms with Gasteiger partial charge in [-0.25, -0.2) is 0 Å². The van der Waals surface area contributed by atoms with Crippen LogP contribution in [0.5, 0.6) is 5.75 Å². The zero-order chi connectivity index (χ0) is 20.8. The van der Waals surface area contributed by atoms with Crippen molar-refractivity contribution in [2.45, 2.75) is 58.8 Å². The molecule has 3 rings (SSSR count). The Bertz CT molecular complexity index is 830. The number of ether oxygens (including phenoxy) is 1. The van der Waals surface area contributed by atoms with E-state index in [1.165, 1.54) is 27.8 Å². The molecule has 0 bridgehead atoms. The Morgan fingerprint density at radius 1 is 0.655 bits per heavy atom. The number of hydrogen-bond acceptors (Lipinski definition) is 1. The third-order valence-electron chi connectivity index (χ3n) is 5.82. The summed E-state index contributed by atoms with van der Waals surface area (Å²) in [6, 6.07) is 26.3. The SMILES string of the molecule is CCCOc1c(C(C)c2ccccc2)cc(C(C)C)cc1C(C)c1ccccc1. The van der Waals surface area contributed by atoms with Gasteiger partial charge in [-0.1, -0.05) is 107 Å². The van der Waals surface area contributed by atoms with Gasteiger partial charge in [0.2, 0.25) is 0 Å². The van der Waals surface area contributed by atoms with E-state index in [-0.39, 0.29) is 11.8 Å². The van der Waals surface area contributed by atoms with Crippen molar-refractivity contribution >= 4 is 0 Å². The van der Waals surface area contributed by atoms with Crippen molar-refractivity contribution in [2.24, 2.45) is 0 Å². The van der Waals surface area contributed by atoms with Gasteiger partial charge in [0.25, 0.3) is 0 Å². The minimum atomic E-state index is 0.281. The molecule has 2 atom stereocenters. The van der Waals surface area contributed by atoms with Crippen LogP contribution in [0.2, 0.25) is 0 Å². The lowest BCUT2D eigenvalue weighted by Crippen LogP contribution is -2.10. The molecule has 152 valence electrons. The van der Waals surface area contributed by atoms with Crippen LogP contribution in [0.4, 0.5) is 0 Å². The second kappa shape index (κ2) is 9.78. The first kappa shape index (κ1) is 21.2. The number of rotatable bonds is 8. The molecule has 0 fully saturated rings. The Kier molecular flexibility index (Phi) is 7.14. The fourth-order valence-corrected chi connectivity index (χ4v) is 3.89. The predicted molar refractivity (Wildman–Crippen MR) is 124 cm³/mol. The van der Waals surface area contributed by atoms with Crippen molar-refractivity contribution in [3.8, 4) is 5.75 Å². The zero-order valence-corrected chi connectivity index (χ0v) is 18.5. The largest absolute Gasteiger partial charge is 0.493 e. The topological polar surface area (TPSA) is 9.23 Å². The Morgan fingerprint density at radius 3 is 1.48 bits per heavy atom. The average molecular weight is 387 g/mol. The molecule has 0 amide bonds. The van der Waals surface area contributed by atoms with Gasteiger partial charge in [0, 0.05) is 23.0 Å². The fraction of sp³-hybridized carbons (Fsp3) is 0.357. The molecular formula is C28H34O. The van der Waals surface area contributed by atoms with Gasteiger partial charge in [-0.2, -0.15) is 0 Å². The van der Waals surface area contributed by atoms with E-state index >= 15 is 0 Å². The van der Waals surface area contributed by atoms with E-state index in [1.54, 1.807) is 0 Å². The maximum atomic E-state index is 6.44. The van der Waals surface area contributed by atoms with Crippen LogP contribution in [-0.4, -0.2) is 6.61 Å². The molecule has 0 aliphatic carbocycles. The van der Waals surface area contributed by atoms with Crippen molar-refractivity contribution in [2.75, 3.05) is 6.61 Å². The molecule has 0 saturated heterocycles. The molecule has 0 heterocycles. The van der Waals surface area contributed by atoms with Crippen molar-refractivity contribution in [1.82, 2.24) is 0 Å². The zero-order valence-electron chi connectivity index (χ0n) is 18.5. The summed E-state index contributed by atoms with van der Waals surface area (Å²) in [5.41, 5.74) is 6.63.